The zero-order valence-corrected chi connectivity index (χ0v) is 12.5. The van der Waals surface area contributed by atoms with Gasteiger partial charge in [-0.1, -0.05) is 13.8 Å². The normalized spacial score (nSPS) is 14.8. The zero-order valence-electron chi connectivity index (χ0n) is 12.5. The van der Waals surface area contributed by atoms with Gasteiger partial charge in [0.15, 0.2) is 0 Å². The van der Waals surface area contributed by atoms with Gasteiger partial charge in [-0.2, -0.15) is 0 Å². The molecule has 0 bridgehead atoms. The summed E-state index contributed by atoms with van der Waals surface area (Å²) >= 11 is 0. The van der Waals surface area contributed by atoms with Crippen LogP contribution in [-0.2, 0) is 0 Å². The predicted octanol–water partition coefficient (Wildman–Crippen LogP) is 3.29. The molecule has 0 amide bonds. The molecule has 0 saturated heterocycles. The molecule has 3 heteroatoms. The van der Waals surface area contributed by atoms with Crippen LogP contribution in [0.15, 0.2) is 12.1 Å². The third-order valence-electron chi connectivity index (χ3n) is 3.65. The second-order valence-corrected chi connectivity index (χ2v) is 5.72. The highest BCUT2D eigenvalue weighted by molar-refractivity contribution is 5.58. The van der Waals surface area contributed by atoms with Crippen LogP contribution in [0.5, 0.6) is 5.75 Å². The van der Waals surface area contributed by atoms with E-state index in [1.807, 2.05) is 0 Å². The first-order valence-corrected chi connectivity index (χ1v) is 7.27. The van der Waals surface area contributed by atoms with Gasteiger partial charge >= 0.3 is 0 Å². The number of aryl methyl sites for hydroxylation is 1. The summed E-state index contributed by atoms with van der Waals surface area (Å²) in [6.45, 7) is 8.54. The number of benzene rings is 1. The number of rotatable bonds is 7. The summed E-state index contributed by atoms with van der Waals surface area (Å²) < 4.78 is 5.47. The third-order valence-corrected chi connectivity index (χ3v) is 3.65. The van der Waals surface area contributed by atoms with Gasteiger partial charge in [-0.15, -0.1) is 0 Å². The first kappa shape index (κ1) is 14.2. The highest BCUT2D eigenvalue weighted by Crippen LogP contribution is 2.31. The Balaban J connectivity index is 1.99. The molecular weight excluding hydrogens is 236 g/mol. The van der Waals surface area contributed by atoms with Crippen molar-refractivity contribution in [3.8, 4) is 5.75 Å². The third kappa shape index (κ3) is 3.87. The fraction of sp³-hybridized carbons (Fsp3) is 0.625. The lowest BCUT2D eigenvalue weighted by molar-refractivity contribution is 0.407. The van der Waals surface area contributed by atoms with E-state index in [4.69, 9.17) is 4.74 Å². The second-order valence-electron chi connectivity index (χ2n) is 5.72. The van der Waals surface area contributed by atoms with Crippen LogP contribution in [-0.4, -0.2) is 26.2 Å². The molecule has 1 aliphatic rings. The van der Waals surface area contributed by atoms with Crippen molar-refractivity contribution in [3.63, 3.8) is 0 Å². The molecule has 1 aromatic rings. The van der Waals surface area contributed by atoms with E-state index in [1.54, 1.807) is 7.11 Å². The molecule has 2 rings (SSSR count). The predicted molar refractivity (Wildman–Crippen MR) is 81.3 cm³/mol. The maximum absolute atomic E-state index is 5.47. The summed E-state index contributed by atoms with van der Waals surface area (Å²) in [5.41, 5.74) is 3.74. The van der Waals surface area contributed by atoms with Crippen molar-refractivity contribution in [1.82, 2.24) is 5.32 Å². The van der Waals surface area contributed by atoms with E-state index < -0.39 is 0 Å². The van der Waals surface area contributed by atoms with Gasteiger partial charge in [0, 0.05) is 24.8 Å². The number of methoxy groups -OCH3 is 1. The Morgan fingerprint density at radius 2 is 2.00 bits per heavy atom. The van der Waals surface area contributed by atoms with E-state index >= 15 is 0 Å². The summed E-state index contributed by atoms with van der Waals surface area (Å²) in [4.78, 5) is 0. The van der Waals surface area contributed by atoms with Crippen molar-refractivity contribution in [3.05, 3.63) is 23.3 Å². The minimum absolute atomic E-state index is 0.473. The van der Waals surface area contributed by atoms with Crippen LogP contribution in [0.25, 0.3) is 0 Å². The van der Waals surface area contributed by atoms with E-state index in [9.17, 15) is 0 Å². The Bertz CT molecular complexity index is 425. The van der Waals surface area contributed by atoms with Gasteiger partial charge in [0.2, 0.25) is 0 Å². The summed E-state index contributed by atoms with van der Waals surface area (Å²) in [5.74, 6) is 1.47. The largest absolute Gasteiger partial charge is 0.496 e. The summed E-state index contributed by atoms with van der Waals surface area (Å²) in [5, 5.41) is 7.04. The average Bonchev–Trinajstić information content (AvgIpc) is 3.19. The van der Waals surface area contributed by atoms with Crippen molar-refractivity contribution in [1.29, 1.82) is 0 Å². The standard InChI is InChI=1S/C16H26N2O/c1-11(2)14-10-15(12(3)9-16(14)19-4)18-8-7-17-13-5-6-13/h9-11,13,17-18H,5-8H2,1-4H3. The van der Waals surface area contributed by atoms with E-state index in [-0.39, 0.29) is 0 Å². The summed E-state index contributed by atoms with van der Waals surface area (Å²) in [6, 6.07) is 5.15. The molecule has 19 heavy (non-hydrogen) atoms. The van der Waals surface area contributed by atoms with Gasteiger partial charge in [0.25, 0.3) is 0 Å². The Hall–Kier alpha value is -1.22. The van der Waals surface area contributed by atoms with Crippen LogP contribution in [0.1, 0.15) is 43.7 Å². The lowest BCUT2D eigenvalue weighted by Gasteiger charge is -2.17. The number of hydrogen-bond donors (Lipinski definition) is 2. The Morgan fingerprint density at radius 1 is 1.26 bits per heavy atom. The SMILES string of the molecule is COc1cc(C)c(NCCNC2CC2)cc1C(C)C. The van der Waals surface area contributed by atoms with Crippen molar-refractivity contribution < 1.29 is 4.74 Å². The van der Waals surface area contributed by atoms with Crippen LogP contribution in [0, 0.1) is 6.92 Å². The summed E-state index contributed by atoms with van der Waals surface area (Å²) in [7, 11) is 1.74. The van der Waals surface area contributed by atoms with Crippen LogP contribution in [0.4, 0.5) is 5.69 Å². The lowest BCUT2D eigenvalue weighted by Crippen LogP contribution is -2.24. The smallest absolute Gasteiger partial charge is 0.122 e. The number of hydrogen-bond acceptors (Lipinski definition) is 3. The van der Waals surface area contributed by atoms with E-state index in [0.29, 0.717) is 5.92 Å². The molecule has 1 aromatic carbocycles. The van der Waals surface area contributed by atoms with E-state index in [2.05, 4.69) is 43.5 Å². The number of nitrogens with one attached hydrogen (secondary N) is 2. The highest BCUT2D eigenvalue weighted by atomic mass is 16.5. The fourth-order valence-electron chi connectivity index (χ4n) is 2.28. The molecule has 0 unspecified atom stereocenters. The highest BCUT2D eigenvalue weighted by Gasteiger charge is 2.19. The number of ether oxygens (including phenoxy) is 1. The van der Waals surface area contributed by atoms with Crippen molar-refractivity contribution >= 4 is 5.69 Å². The van der Waals surface area contributed by atoms with Crippen LogP contribution in [0.3, 0.4) is 0 Å². The van der Waals surface area contributed by atoms with Crippen LogP contribution < -0.4 is 15.4 Å². The minimum atomic E-state index is 0.473. The molecule has 106 valence electrons. The molecule has 0 aromatic heterocycles. The van der Waals surface area contributed by atoms with Gasteiger partial charge in [-0.3, -0.25) is 0 Å². The van der Waals surface area contributed by atoms with Crippen molar-refractivity contribution in [2.45, 2.75) is 45.6 Å². The van der Waals surface area contributed by atoms with Gasteiger partial charge in [0.1, 0.15) is 5.75 Å². The number of anilines is 1. The van der Waals surface area contributed by atoms with Gasteiger partial charge in [-0.25, -0.2) is 0 Å². The quantitative estimate of drug-likeness (QED) is 0.740. The Labute approximate surface area is 116 Å². The molecule has 0 radical (unpaired) electrons. The second kappa shape index (κ2) is 6.29. The molecule has 0 heterocycles. The lowest BCUT2D eigenvalue weighted by atomic mass is 9.99. The minimum Gasteiger partial charge on any atom is -0.496 e. The molecule has 3 nitrogen and oxygen atoms in total. The van der Waals surface area contributed by atoms with Crippen LogP contribution >= 0.6 is 0 Å². The average molecular weight is 262 g/mol. The summed E-state index contributed by atoms with van der Waals surface area (Å²) in [6.07, 6.45) is 2.69. The molecule has 1 aliphatic carbocycles. The Morgan fingerprint density at radius 3 is 2.58 bits per heavy atom. The van der Waals surface area contributed by atoms with Crippen molar-refractivity contribution in [2.24, 2.45) is 0 Å². The first-order valence-electron chi connectivity index (χ1n) is 7.27. The molecule has 2 N–H and O–H groups in total. The Kier molecular flexibility index (Phi) is 4.70. The van der Waals surface area contributed by atoms with E-state index in [0.717, 1.165) is 24.9 Å². The fourth-order valence-corrected chi connectivity index (χ4v) is 2.28. The molecule has 1 fully saturated rings. The zero-order chi connectivity index (χ0) is 13.8. The van der Waals surface area contributed by atoms with E-state index in [1.165, 1.54) is 29.7 Å². The van der Waals surface area contributed by atoms with Gasteiger partial charge in [-0.05, 0) is 48.9 Å². The molecule has 0 aliphatic heterocycles. The molecular formula is C16H26N2O. The van der Waals surface area contributed by atoms with Crippen molar-refractivity contribution in [2.75, 3.05) is 25.5 Å². The van der Waals surface area contributed by atoms with Gasteiger partial charge in [0.05, 0.1) is 7.11 Å². The topological polar surface area (TPSA) is 33.3 Å². The molecule has 0 atom stereocenters. The van der Waals surface area contributed by atoms with Gasteiger partial charge < -0.3 is 15.4 Å². The molecule has 0 spiro atoms. The molecule has 1 saturated carbocycles. The monoisotopic (exact) mass is 262 g/mol. The maximum atomic E-state index is 5.47. The maximum Gasteiger partial charge on any atom is 0.122 e. The van der Waals surface area contributed by atoms with Crippen LogP contribution in [0.2, 0.25) is 0 Å². The first-order chi connectivity index (χ1) is 9.11.